The van der Waals surface area contributed by atoms with Gasteiger partial charge in [0.15, 0.2) is 0 Å². The smallest absolute Gasteiger partial charge is 0.413 e. The first-order chi connectivity index (χ1) is 8.63. The van der Waals surface area contributed by atoms with Crippen molar-refractivity contribution in [3.8, 4) is 0 Å². The molecule has 1 atom stereocenters. The van der Waals surface area contributed by atoms with Gasteiger partial charge in [-0.15, -0.1) is 0 Å². The normalized spacial score (nSPS) is 19.4. The Labute approximate surface area is 109 Å². The summed E-state index contributed by atoms with van der Waals surface area (Å²) in [6.45, 7) is 1.77. The van der Waals surface area contributed by atoms with Crippen molar-refractivity contribution in [1.29, 1.82) is 0 Å². The van der Waals surface area contributed by atoms with E-state index in [9.17, 15) is 9.59 Å². The summed E-state index contributed by atoms with van der Waals surface area (Å²) in [7, 11) is 1.25. The van der Waals surface area contributed by atoms with Crippen molar-refractivity contribution in [3.63, 3.8) is 0 Å². The molecule has 18 heavy (non-hydrogen) atoms. The average molecular weight is 256 g/mol. The van der Waals surface area contributed by atoms with Crippen LogP contribution in [0.4, 0.5) is 4.79 Å². The molecule has 1 saturated carbocycles. The van der Waals surface area contributed by atoms with Gasteiger partial charge >= 0.3 is 6.09 Å². The van der Waals surface area contributed by atoms with E-state index in [-0.39, 0.29) is 11.9 Å². The van der Waals surface area contributed by atoms with Gasteiger partial charge in [0.25, 0.3) is 0 Å². The van der Waals surface area contributed by atoms with E-state index in [1.165, 1.54) is 39.2 Å². The summed E-state index contributed by atoms with van der Waals surface area (Å²) in [6, 6.07) is 0.0113. The topological polar surface area (TPSA) is 67.4 Å². The van der Waals surface area contributed by atoms with Gasteiger partial charge in [0.05, 0.1) is 13.2 Å². The Morgan fingerprint density at radius 2 is 1.67 bits per heavy atom. The van der Waals surface area contributed by atoms with Crippen LogP contribution in [-0.4, -0.2) is 31.2 Å². The quantitative estimate of drug-likeness (QED) is 0.810. The molecule has 0 saturated heterocycles. The highest BCUT2D eigenvalue weighted by Crippen LogP contribution is 2.17. The first-order valence-electron chi connectivity index (χ1n) is 6.78. The lowest BCUT2D eigenvalue weighted by atomic mass is 9.96. The van der Waals surface area contributed by atoms with Crippen LogP contribution in [0.2, 0.25) is 0 Å². The van der Waals surface area contributed by atoms with Crippen molar-refractivity contribution < 1.29 is 14.3 Å². The number of hydrogen-bond donors (Lipinski definition) is 2. The summed E-state index contributed by atoms with van der Waals surface area (Å²) < 4.78 is 4.40. The Bertz CT molecular complexity index is 273. The van der Waals surface area contributed by atoms with Crippen molar-refractivity contribution in [2.75, 3.05) is 7.11 Å². The number of ether oxygens (including phenoxy) is 1. The molecule has 2 amide bonds. The molecule has 1 rings (SSSR count). The molecule has 1 aliphatic rings. The number of carbonyl (C=O) groups excluding carboxylic acids is 2. The van der Waals surface area contributed by atoms with Gasteiger partial charge in [-0.05, 0) is 19.8 Å². The number of hydrogen-bond acceptors (Lipinski definition) is 4. The van der Waals surface area contributed by atoms with Crippen LogP contribution in [0.3, 0.4) is 0 Å². The first kappa shape index (κ1) is 15.0. The maximum Gasteiger partial charge on any atom is 0.413 e. The molecule has 1 aliphatic carbocycles. The summed E-state index contributed by atoms with van der Waals surface area (Å²) in [5.74, 6) is -0.330. The van der Waals surface area contributed by atoms with Crippen molar-refractivity contribution in [2.24, 2.45) is 0 Å². The molecule has 1 fully saturated rings. The van der Waals surface area contributed by atoms with Gasteiger partial charge in [-0.1, -0.05) is 32.1 Å². The minimum atomic E-state index is -0.702. The lowest BCUT2D eigenvalue weighted by molar-refractivity contribution is -0.122. The molecule has 5 heteroatoms. The van der Waals surface area contributed by atoms with E-state index in [2.05, 4.69) is 15.4 Å². The van der Waals surface area contributed by atoms with Crippen LogP contribution in [0.25, 0.3) is 0 Å². The largest absolute Gasteiger partial charge is 0.453 e. The average Bonchev–Trinajstić information content (AvgIpc) is 2.31. The minimum Gasteiger partial charge on any atom is -0.453 e. The van der Waals surface area contributed by atoms with Gasteiger partial charge in [-0.25, -0.2) is 4.79 Å². The Balaban J connectivity index is 2.34. The summed E-state index contributed by atoms with van der Waals surface area (Å²) in [5, 5.41) is 5.48. The van der Waals surface area contributed by atoms with Crippen LogP contribution >= 0.6 is 0 Å². The fourth-order valence-electron chi connectivity index (χ4n) is 2.31. The van der Waals surface area contributed by atoms with Crippen LogP contribution in [-0.2, 0) is 9.53 Å². The third kappa shape index (κ3) is 5.49. The number of amides is 2. The summed E-state index contributed by atoms with van der Waals surface area (Å²) in [4.78, 5) is 22.6. The van der Waals surface area contributed by atoms with Crippen LogP contribution in [0.5, 0.6) is 0 Å². The zero-order valence-corrected chi connectivity index (χ0v) is 11.3. The molecular formula is C13H24N2O3. The highest BCUT2D eigenvalue weighted by molar-refractivity contribution is 5.94. The van der Waals surface area contributed by atoms with Gasteiger partial charge in [-0.3, -0.25) is 10.1 Å². The molecule has 0 aromatic rings. The lowest BCUT2D eigenvalue weighted by Gasteiger charge is -2.24. The van der Waals surface area contributed by atoms with E-state index in [0.717, 1.165) is 12.8 Å². The minimum absolute atomic E-state index is 0.330. The molecule has 5 nitrogen and oxygen atoms in total. The third-order valence-corrected chi connectivity index (χ3v) is 3.39. The predicted octanol–water partition coefficient (Wildman–Crippen LogP) is 1.96. The van der Waals surface area contributed by atoms with Gasteiger partial charge < -0.3 is 10.1 Å². The molecule has 0 spiro atoms. The zero-order valence-electron chi connectivity index (χ0n) is 11.3. The van der Waals surface area contributed by atoms with E-state index in [4.69, 9.17) is 0 Å². The summed E-state index contributed by atoms with van der Waals surface area (Å²) in [6.07, 6.45) is 7.82. The summed E-state index contributed by atoms with van der Waals surface area (Å²) >= 11 is 0. The molecule has 0 aromatic heterocycles. The second-order valence-electron chi connectivity index (χ2n) is 4.91. The number of rotatable bonds is 3. The number of imide groups is 1. The van der Waals surface area contributed by atoms with E-state index in [1.54, 1.807) is 6.92 Å². The fraction of sp³-hybridized carbons (Fsp3) is 0.846. The van der Waals surface area contributed by atoms with Crippen LogP contribution in [0.1, 0.15) is 51.9 Å². The molecule has 104 valence electrons. The molecule has 0 aliphatic heterocycles. The standard InChI is InChI=1S/C13H24N2O3/c1-10(12(16)15-13(17)18-2)14-11-8-6-4-3-5-7-9-11/h10-11,14H,3-9H2,1-2H3,(H,15,16,17)/t10-/m1/s1. The number of carbonyl (C=O) groups is 2. The number of nitrogens with one attached hydrogen (secondary N) is 2. The number of alkyl carbamates (subject to hydrolysis) is 1. The Morgan fingerprint density at radius 3 is 2.22 bits per heavy atom. The Kier molecular flexibility index (Phi) is 6.72. The van der Waals surface area contributed by atoms with E-state index >= 15 is 0 Å². The molecular weight excluding hydrogens is 232 g/mol. The second-order valence-corrected chi connectivity index (χ2v) is 4.91. The maximum absolute atomic E-state index is 11.7. The van der Waals surface area contributed by atoms with E-state index < -0.39 is 6.09 Å². The molecule has 0 aromatic carbocycles. The van der Waals surface area contributed by atoms with Gasteiger partial charge in [0.2, 0.25) is 5.91 Å². The molecule has 0 unspecified atom stereocenters. The van der Waals surface area contributed by atoms with Crippen molar-refractivity contribution in [1.82, 2.24) is 10.6 Å². The Morgan fingerprint density at radius 1 is 1.11 bits per heavy atom. The molecule has 0 radical (unpaired) electrons. The molecule has 0 heterocycles. The first-order valence-corrected chi connectivity index (χ1v) is 6.78. The van der Waals surface area contributed by atoms with Crippen LogP contribution < -0.4 is 10.6 Å². The van der Waals surface area contributed by atoms with E-state index in [0.29, 0.717) is 6.04 Å². The Hall–Kier alpha value is -1.10. The van der Waals surface area contributed by atoms with Crippen LogP contribution in [0.15, 0.2) is 0 Å². The fourth-order valence-corrected chi connectivity index (χ4v) is 2.31. The monoisotopic (exact) mass is 256 g/mol. The van der Waals surface area contributed by atoms with Crippen molar-refractivity contribution in [3.05, 3.63) is 0 Å². The van der Waals surface area contributed by atoms with E-state index in [1.807, 2.05) is 0 Å². The highest BCUT2D eigenvalue weighted by atomic mass is 16.5. The summed E-state index contributed by atoms with van der Waals surface area (Å²) in [5.41, 5.74) is 0. The zero-order chi connectivity index (χ0) is 13.4. The predicted molar refractivity (Wildman–Crippen MR) is 69.3 cm³/mol. The van der Waals surface area contributed by atoms with Gasteiger partial charge in [0.1, 0.15) is 0 Å². The molecule has 0 bridgehead atoms. The van der Waals surface area contributed by atoms with Crippen molar-refractivity contribution >= 4 is 12.0 Å². The lowest BCUT2D eigenvalue weighted by Crippen LogP contribution is -2.48. The molecule has 2 N–H and O–H groups in total. The van der Waals surface area contributed by atoms with Crippen LogP contribution in [0, 0.1) is 0 Å². The SMILES string of the molecule is COC(=O)NC(=O)[C@@H](C)NC1CCCCCCC1. The van der Waals surface area contributed by atoms with Crippen molar-refractivity contribution in [2.45, 2.75) is 64.0 Å². The third-order valence-electron chi connectivity index (χ3n) is 3.39. The maximum atomic E-state index is 11.7. The van der Waals surface area contributed by atoms with Gasteiger partial charge in [-0.2, -0.15) is 0 Å². The van der Waals surface area contributed by atoms with Gasteiger partial charge in [0, 0.05) is 6.04 Å². The highest BCUT2D eigenvalue weighted by Gasteiger charge is 2.20. The second kappa shape index (κ2) is 8.08. The number of methoxy groups -OCH3 is 1.